The van der Waals surface area contributed by atoms with Crippen LogP contribution in [0.3, 0.4) is 0 Å². The average Bonchev–Trinajstić information content (AvgIpc) is 3.27. The Hall–Kier alpha value is -1.40. The van der Waals surface area contributed by atoms with E-state index in [0.717, 1.165) is 75.9 Å². The van der Waals surface area contributed by atoms with Crippen molar-refractivity contribution in [1.82, 2.24) is 0 Å². The van der Waals surface area contributed by atoms with Crippen molar-refractivity contribution in [2.24, 2.45) is 11.8 Å². The second kappa shape index (κ2) is 12.0. The number of aromatic carboxylic acids is 2. The highest BCUT2D eigenvalue weighted by Crippen LogP contribution is 2.54. The van der Waals surface area contributed by atoms with Crippen LogP contribution < -0.4 is 0 Å². The standard InChI is InChI=1S/C30H42O4S2/c31-29(32)23-25(19-13-9-6-4-2-1-3-5-7-10-14-19)35-28-24(30(33)34)26(36-27(23)28)21-16-12-8-11-15-20-17-22(20)18-21/h19-22H,1-18H2,(H,31,32)(H,33,34)/t20?,21-,22?/m1/s1. The van der Waals surface area contributed by atoms with E-state index >= 15 is 0 Å². The van der Waals surface area contributed by atoms with E-state index in [1.807, 2.05) is 0 Å². The van der Waals surface area contributed by atoms with E-state index in [0.29, 0.717) is 11.1 Å². The summed E-state index contributed by atoms with van der Waals surface area (Å²) < 4.78 is 1.49. The van der Waals surface area contributed by atoms with Gasteiger partial charge in [0.15, 0.2) is 0 Å². The molecule has 0 radical (unpaired) electrons. The lowest BCUT2D eigenvalue weighted by molar-refractivity contribution is 0.0686. The zero-order valence-electron chi connectivity index (χ0n) is 21.6. The Morgan fingerprint density at radius 3 is 1.47 bits per heavy atom. The van der Waals surface area contributed by atoms with Crippen molar-refractivity contribution >= 4 is 44.0 Å². The normalized spacial score (nSPS) is 27.2. The van der Waals surface area contributed by atoms with Crippen LogP contribution in [0, 0.1) is 11.8 Å². The Bertz CT molecular complexity index is 1050. The van der Waals surface area contributed by atoms with E-state index in [2.05, 4.69) is 0 Å². The summed E-state index contributed by atoms with van der Waals surface area (Å²) in [6.45, 7) is 0. The van der Waals surface area contributed by atoms with Crippen LogP contribution in [0.5, 0.6) is 0 Å². The van der Waals surface area contributed by atoms with Gasteiger partial charge in [-0.2, -0.15) is 0 Å². The van der Waals surface area contributed by atoms with E-state index in [1.54, 1.807) is 0 Å². The highest BCUT2D eigenvalue weighted by molar-refractivity contribution is 7.29. The van der Waals surface area contributed by atoms with Crippen LogP contribution in [0.2, 0.25) is 0 Å². The molecule has 2 unspecified atom stereocenters. The van der Waals surface area contributed by atoms with Crippen molar-refractivity contribution in [2.45, 2.75) is 127 Å². The highest BCUT2D eigenvalue weighted by Gasteiger charge is 2.40. The fourth-order valence-electron chi connectivity index (χ4n) is 7.02. The first kappa shape index (κ1) is 26.2. The van der Waals surface area contributed by atoms with Gasteiger partial charge < -0.3 is 10.2 Å². The summed E-state index contributed by atoms with van der Waals surface area (Å²) in [4.78, 5) is 27.2. The van der Waals surface area contributed by atoms with Gasteiger partial charge >= 0.3 is 11.9 Å². The molecule has 0 saturated heterocycles. The Labute approximate surface area is 223 Å². The summed E-state index contributed by atoms with van der Waals surface area (Å²) in [7, 11) is 0. The molecule has 0 spiro atoms. The lowest BCUT2D eigenvalue weighted by atomic mass is 9.90. The van der Waals surface area contributed by atoms with Crippen molar-refractivity contribution in [3.8, 4) is 0 Å². The van der Waals surface area contributed by atoms with Crippen LogP contribution in [0.25, 0.3) is 9.40 Å². The van der Waals surface area contributed by atoms with Crippen molar-refractivity contribution in [1.29, 1.82) is 0 Å². The maximum Gasteiger partial charge on any atom is 0.338 e. The summed E-state index contributed by atoms with van der Waals surface area (Å²) in [6, 6.07) is 0. The van der Waals surface area contributed by atoms with Gasteiger partial charge in [-0.1, -0.05) is 83.5 Å². The largest absolute Gasteiger partial charge is 0.478 e. The number of hydrogen-bond donors (Lipinski definition) is 2. The second-order valence-electron chi connectivity index (χ2n) is 11.7. The first-order chi connectivity index (χ1) is 17.5. The maximum atomic E-state index is 12.7. The van der Waals surface area contributed by atoms with E-state index in [9.17, 15) is 19.8 Å². The molecular weight excluding hydrogens is 488 g/mol. The Kier molecular flexibility index (Phi) is 8.72. The molecule has 36 heavy (non-hydrogen) atoms. The van der Waals surface area contributed by atoms with Gasteiger partial charge in [-0.25, -0.2) is 9.59 Å². The molecule has 3 fully saturated rings. The number of fused-ring (bicyclic) bond motifs is 2. The van der Waals surface area contributed by atoms with Gasteiger partial charge in [-0.15, -0.1) is 22.7 Å². The number of rotatable bonds is 4. The zero-order valence-corrected chi connectivity index (χ0v) is 23.2. The molecule has 4 nitrogen and oxygen atoms in total. The van der Waals surface area contributed by atoms with E-state index < -0.39 is 11.9 Å². The number of carboxylic acid groups (broad SMARTS) is 2. The molecule has 3 aliphatic carbocycles. The smallest absolute Gasteiger partial charge is 0.338 e. The third kappa shape index (κ3) is 5.85. The molecular formula is C30H42O4S2. The molecule has 2 heterocycles. The first-order valence-corrected chi connectivity index (χ1v) is 16.2. The topological polar surface area (TPSA) is 74.6 Å². The van der Waals surface area contributed by atoms with Gasteiger partial charge in [0.05, 0.1) is 20.5 Å². The Morgan fingerprint density at radius 1 is 0.528 bits per heavy atom. The lowest BCUT2D eigenvalue weighted by Gasteiger charge is -2.18. The summed E-state index contributed by atoms with van der Waals surface area (Å²) in [5.74, 6) is 0.334. The van der Waals surface area contributed by atoms with Crippen molar-refractivity contribution in [3.63, 3.8) is 0 Å². The first-order valence-electron chi connectivity index (χ1n) is 14.6. The predicted molar refractivity (Wildman–Crippen MR) is 149 cm³/mol. The number of carbonyl (C=O) groups is 2. The fourth-order valence-corrected chi connectivity index (χ4v) is 10.2. The third-order valence-corrected chi connectivity index (χ3v) is 12.0. The minimum absolute atomic E-state index is 0.238. The van der Waals surface area contributed by atoms with Gasteiger partial charge in [0.2, 0.25) is 0 Å². The van der Waals surface area contributed by atoms with Crippen LogP contribution in [-0.4, -0.2) is 22.2 Å². The molecule has 2 aromatic rings. The third-order valence-electron chi connectivity index (χ3n) is 9.14. The molecule has 0 amide bonds. The molecule has 0 aliphatic heterocycles. The van der Waals surface area contributed by atoms with Crippen LogP contribution in [0.1, 0.15) is 158 Å². The monoisotopic (exact) mass is 530 g/mol. The highest BCUT2D eigenvalue weighted by atomic mass is 32.1. The number of carboxylic acids is 2. The summed E-state index contributed by atoms with van der Waals surface area (Å²) >= 11 is 3.02. The zero-order chi connectivity index (χ0) is 25.1. The Morgan fingerprint density at radius 2 is 0.944 bits per heavy atom. The van der Waals surface area contributed by atoms with Gasteiger partial charge in [-0.05, 0) is 55.8 Å². The van der Waals surface area contributed by atoms with Gasteiger partial charge in [-0.3, -0.25) is 0 Å². The average molecular weight is 531 g/mol. The lowest BCUT2D eigenvalue weighted by Crippen LogP contribution is -2.06. The fraction of sp³-hybridized carbons (Fsp3) is 0.733. The van der Waals surface area contributed by atoms with Crippen LogP contribution in [0.15, 0.2) is 0 Å². The SMILES string of the molecule is O=C(O)c1c(C2CCCCCCCCCCC2)sc2c(C(=O)O)c([C@@H]3CCCCCC4CC4C3)sc12. The van der Waals surface area contributed by atoms with Gasteiger partial charge in [0.25, 0.3) is 0 Å². The van der Waals surface area contributed by atoms with E-state index in [1.165, 1.54) is 93.3 Å². The molecule has 3 saturated carbocycles. The molecule has 3 aliphatic rings. The minimum atomic E-state index is -0.871. The van der Waals surface area contributed by atoms with Crippen LogP contribution in [0.4, 0.5) is 0 Å². The van der Waals surface area contributed by atoms with Crippen molar-refractivity contribution in [2.75, 3.05) is 0 Å². The molecule has 2 aromatic heterocycles. The maximum absolute atomic E-state index is 12.7. The molecule has 0 bridgehead atoms. The van der Waals surface area contributed by atoms with Crippen LogP contribution in [-0.2, 0) is 0 Å². The van der Waals surface area contributed by atoms with E-state index in [4.69, 9.17) is 0 Å². The molecule has 198 valence electrons. The quantitative estimate of drug-likeness (QED) is 0.412. The van der Waals surface area contributed by atoms with E-state index in [-0.39, 0.29) is 11.8 Å². The molecule has 3 atom stereocenters. The summed E-state index contributed by atoms with van der Waals surface area (Å²) in [5.41, 5.74) is 0.863. The van der Waals surface area contributed by atoms with Gasteiger partial charge in [0, 0.05) is 9.75 Å². The minimum Gasteiger partial charge on any atom is -0.478 e. The predicted octanol–water partition coefficient (Wildman–Crippen LogP) is 9.82. The molecule has 0 aromatic carbocycles. The van der Waals surface area contributed by atoms with Crippen molar-refractivity contribution < 1.29 is 19.8 Å². The molecule has 2 N–H and O–H groups in total. The molecule has 6 heteroatoms. The Balaban J connectivity index is 1.50. The summed E-state index contributed by atoms with van der Waals surface area (Å²) in [5, 5.41) is 20.7. The number of hydrogen-bond acceptors (Lipinski definition) is 4. The van der Waals surface area contributed by atoms with Gasteiger partial charge in [0.1, 0.15) is 0 Å². The summed E-state index contributed by atoms with van der Waals surface area (Å²) in [6.07, 6.45) is 21.7. The van der Waals surface area contributed by atoms with Crippen molar-refractivity contribution in [3.05, 3.63) is 20.9 Å². The van der Waals surface area contributed by atoms with Crippen LogP contribution >= 0.6 is 22.7 Å². The second-order valence-corrected chi connectivity index (χ2v) is 13.8. The molecule has 5 rings (SSSR count). The number of thiophene rings is 2.